The lowest BCUT2D eigenvalue weighted by Gasteiger charge is -2.19. The predicted molar refractivity (Wildman–Crippen MR) is 120 cm³/mol. The van der Waals surface area contributed by atoms with Gasteiger partial charge in [-0.1, -0.05) is 11.6 Å². The van der Waals surface area contributed by atoms with Crippen LogP contribution in [0.3, 0.4) is 0 Å². The molecule has 0 bridgehead atoms. The molecule has 0 saturated carbocycles. The van der Waals surface area contributed by atoms with Crippen molar-refractivity contribution >= 4 is 49.8 Å². The maximum absolute atomic E-state index is 14.3. The first-order valence-electron chi connectivity index (χ1n) is 9.70. The largest absolute Gasteiger partial charge is 0.354 e. The lowest BCUT2D eigenvalue weighted by molar-refractivity contribution is 0.343. The molecular weight excluding hydrogens is 464 g/mol. The molecule has 1 aromatic heterocycles. The van der Waals surface area contributed by atoms with Gasteiger partial charge in [0, 0.05) is 25.8 Å². The molecule has 4 rings (SSSR count). The minimum Gasteiger partial charge on any atom is -0.354 e. The Morgan fingerprint density at radius 3 is 2.62 bits per heavy atom. The SMILES string of the molecule is Cc1c(Nc2cc(F)cc(NS(=O)(=O)N3CC[C@@H](F)C3)c2Cl)ccc2ncn(C)c(=O)c12. The summed E-state index contributed by atoms with van der Waals surface area (Å²) in [6.45, 7) is 1.46. The number of halogens is 3. The number of rotatable bonds is 5. The van der Waals surface area contributed by atoms with Crippen LogP contribution < -0.4 is 15.6 Å². The molecule has 170 valence electrons. The van der Waals surface area contributed by atoms with Crippen molar-refractivity contribution < 1.29 is 17.2 Å². The van der Waals surface area contributed by atoms with E-state index in [0.29, 0.717) is 22.2 Å². The molecule has 1 atom stereocenters. The fraction of sp³-hybridized carbons (Fsp3) is 0.300. The first-order valence-corrected chi connectivity index (χ1v) is 11.5. The van der Waals surface area contributed by atoms with Gasteiger partial charge >= 0.3 is 10.2 Å². The first-order chi connectivity index (χ1) is 15.1. The summed E-state index contributed by atoms with van der Waals surface area (Å²) in [7, 11) is -2.53. The number of fused-ring (bicyclic) bond motifs is 1. The van der Waals surface area contributed by atoms with Gasteiger partial charge in [0.1, 0.15) is 12.0 Å². The van der Waals surface area contributed by atoms with Gasteiger partial charge in [-0.3, -0.25) is 9.52 Å². The van der Waals surface area contributed by atoms with Crippen LogP contribution in [0.2, 0.25) is 5.02 Å². The van der Waals surface area contributed by atoms with Crippen molar-refractivity contribution in [2.45, 2.75) is 19.5 Å². The second kappa shape index (κ2) is 8.30. The standard InChI is InChI=1S/C20H20ClF2N5O3S/c1-11-14(3-4-15-18(11)20(29)27(2)10-24-15)25-16-7-13(23)8-17(19(16)21)26-32(30,31)28-6-5-12(22)9-28/h3-4,7-8,10,12,25-26H,5-6,9H2,1-2H3/t12-/m1/s1. The fourth-order valence-electron chi connectivity index (χ4n) is 3.60. The molecular formula is C20H20ClF2N5O3S. The third-order valence-corrected chi connectivity index (χ3v) is 7.22. The van der Waals surface area contributed by atoms with Crippen molar-refractivity contribution in [3.8, 4) is 0 Å². The Morgan fingerprint density at radius 1 is 1.22 bits per heavy atom. The molecule has 2 aromatic carbocycles. The third kappa shape index (κ3) is 4.15. The van der Waals surface area contributed by atoms with E-state index in [2.05, 4.69) is 15.0 Å². The van der Waals surface area contributed by atoms with Crippen molar-refractivity contribution in [3.05, 3.63) is 57.3 Å². The van der Waals surface area contributed by atoms with Crippen molar-refractivity contribution in [2.75, 3.05) is 23.1 Å². The van der Waals surface area contributed by atoms with Crippen LogP contribution in [0.4, 0.5) is 25.8 Å². The molecule has 32 heavy (non-hydrogen) atoms. The van der Waals surface area contributed by atoms with Crippen LogP contribution in [-0.2, 0) is 17.3 Å². The van der Waals surface area contributed by atoms with Crippen molar-refractivity contribution in [1.82, 2.24) is 13.9 Å². The lowest BCUT2D eigenvalue weighted by Crippen LogP contribution is -2.34. The Labute approximate surface area is 188 Å². The number of nitrogens with zero attached hydrogens (tertiary/aromatic N) is 3. The molecule has 0 unspecified atom stereocenters. The Bertz CT molecular complexity index is 1380. The first kappa shape index (κ1) is 22.4. The van der Waals surface area contributed by atoms with Gasteiger partial charge in [-0.15, -0.1) is 0 Å². The molecule has 8 nitrogen and oxygen atoms in total. The Hall–Kier alpha value is -2.76. The average Bonchev–Trinajstić information content (AvgIpc) is 3.17. The molecule has 3 aromatic rings. The average molecular weight is 484 g/mol. The van der Waals surface area contributed by atoms with E-state index in [1.165, 1.54) is 10.9 Å². The summed E-state index contributed by atoms with van der Waals surface area (Å²) in [4.78, 5) is 16.8. The van der Waals surface area contributed by atoms with E-state index in [4.69, 9.17) is 11.6 Å². The molecule has 0 aliphatic carbocycles. The highest BCUT2D eigenvalue weighted by Gasteiger charge is 2.32. The van der Waals surface area contributed by atoms with E-state index in [9.17, 15) is 22.0 Å². The van der Waals surface area contributed by atoms with Crippen LogP contribution in [0.15, 0.2) is 35.4 Å². The number of hydrogen-bond acceptors (Lipinski definition) is 5. The number of nitrogens with one attached hydrogen (secondary N) is 2. The highest BCUT2D eigenvalue weighted by atomic mass is 35.5. The molecule has 1 aliphatic rings. The van der Waals surface area contributed by atoms with Gasteiger partial charge in [0.05, 0.1) is 33.6 Å². The number of hydrogen-bond donors (Lipinski definition) is 2. The summed E-state index contributed by atoms with van der Waals surface area (Å²) in [5.41, 5.74) is 1.22. The third-order valence-electron chi connectivity index (χ3n) is 5.33. The van der Waals surface area contributed by atoms with Gasteiger partial charge in [0.15, 0.2) is 0 Å². The zero-order valence-electron chi connectivity index (χ0n) is 17.2. The lowest BCUT2D eigenvalue weighted by atomic mass is 10.1. The van der Waals surface area contributed by atoms with Gasteiger partial charge < -0.3 is 9.88 Å². The van der Waals surface area contributed by atoms with Crippen LogP contribution in [0, 0.1) is 12.7 Å². The quantitative estimate of drug-likeness (QED) is 0.579. The molecule has 1 fully saturated rings. The molecule has 12 heteroatoms. The minimum absolute atomic E-state index is 0.0216. The van der Waals surface area contributed by atoms with E-state index in [0.717, 1.165) is 16.4 Å². The van der Waals surface area contributed by atoms with Gasteiger partial charge in [-0.05, 0) is 43.2 Å². The number of alkyl halides is 1. The van der Waals surface area contributed by atoms with E-state index >= 15 is 0 Å². The van der Waals surface area contributed by atoms with E-state index in [1.807, 2.05) is 0 Å². The molecule has 1 saturated heterocycles. The monoisotopic (exact) mass is 483 g/mol. The number of aromatic nitrogens is 2. The van der Waals surface area contributed by atoms with Gasteiger partial charge in [0.2, 0.25) is 0 Å². The van der Waals surface area contributed by atoms with Crippen molar-refractivity contribution in [2.24, 2.45) is 7.05 Å². The molecule has 0 spiro atoms. The number of aryl methyl sites for hydroxylation is 2. The number of benzene rings is 2. The van der Waals surface area contributed by atoms with Crippen molar-refractivity contribution in [1.29, 1.82) is 0 Å². The second-order valence-corrected chi connectivity index (χ2v) is 9.63. The summed E-state index contributed by atoms with van der Waals surface area (Å²) in [6, 6.07) is 5.37. The fourth-order valence-corrected chi connectivity index (χ4v) is 5.13. The molecule has 0 radical (unpaired) electrons. The summed E-state index contributed by atoms with van der Waals surface area (Å²) in [5, 5.41) is 3.28. The summed E-state index contributed by atoms with van der Waals surface area (Å²) >= 11 is 6.37. The minimum atomic E-state index is -4.11. The predicted octanol–water partition coefficient (Wildman–Crippen LogP) is 3.48. The maximum atomic E-state index is 14.3. The highest BCUT2D eigenvalue weighted by Crippen LogP contribution is 2.36. The smallest absolute Gasteiger partial charge is 0.301 e. The maximum Gasteiger partial charge on any atom is 0.301 e. The van der Waals surface area contributed by atoms with Crippen LogP contribution in [0.5, 0.6) is 0 Å². The van der Waals surface area contributed by atoms with E-state index in [1.54, 1.807) is 26.1 Å². The molecule has 2 N–H and O–H groups in total. The van der Waals surface area contributed by atoms with Crippen LogP contribution in [0.25, 0.3) is 10.9 Å². The zero-order chi connectivity index (χ0) is 23.2. The van der Waals surface area contributed by atoms with Crippen LogP contribution in [-0.4, -0.2) is 41.5 Å². The molecule has 1 aliphatic heterocycles. The van der Waals surface area contributed by atoms with Gasteiger partial charge in [-0.2, -0.15) is 12.7 Å². The van der Waals surface area contributed by atoms with E-state index in [-0.39, 0.29) is 41.5 Å². The van der Waals surface area contributed by atoms with Crippen LogP contribution >= 0.6 is 11.6 Å². The van der Waals surface area contributed by atoms with E-state index < -0.39 is 22.2 Å². The Morgan fingerprint density at radius 2 is 1.94 bits per heavy atom. The normalized spacial score (nSPS) is 17.1. The van der Waals surface area contributed by atoms with Gasteiger partial charge in [0.25, 0.3) is 5.56 Å². The topological polar surface area (TPSA) is 96.3 Å². The summed E-state index contributed by atoms with van der Waals surface area (Å²) in [5.74, 6) is -0.740. The Kier molecular flexibility index (Phi) is 5.82. The van der Waals surface area contributed by atoms with Crippen LogP contribution in [0.1, 0.15) is 12.0 Å². The molecule has 0 amide bonds. The highest BCUT2D eigenvalue weighted by molar-refractivity contribution is 7.90. The summed E-state index contributed by atoms with van der Waals surface area (Å²) < 4.78 is 57.4. The zero-order valence-corrected chi connectivity index (χ0v) is 18.8. The van der Waals surface area contributed by atoms with Crippen molar-refractivity contribution in [3.63, 3.8) is 0 Å². The second-order valence-electron chi connectivity index (χ2n) is 7.58. The Balaban J connectivity index is 1.70. The van der Waals surface area contributed by atoms with Gasteiger partial charge in [-0.25, -0.2) is 13.8 Å². The number of anilines is 3. The summed E-state index contributed by atoms with van der Waals surface area (Å²) in [6.07, 6.45) is 0.273. The molecule has 2 heterocycles.